The van der Waals surface area contributed by atoms with E-state index >= 15 is 0 Å². The molecule has 1 aromatic heterocycles. The molecule has 2 aliphatic carbocycles. The molecule has 3 aliphatic rings. The third-order valence-corrected chi connectivity index (χ3v) is 8.45. The van der Waals surface area contributed by atoms with Gasteiger partial charge in [0.2, 0.25) is 0 Å². The second kappa shape index (κ2) is 10.3. The number of hydrogen-bond acceptors (Lipinski definition) is 6. The largest absolute Gasteiger partial charge is 0.497 e. The lowest BCUT2D eigenvalue weighted by Gasteiger charge is -2.36. The van der Waals surface area contributed by atoms with Crippen LogP contribution >= 0.6 is 0 Å². The van der Waals surface area contributed by atoms with E-state index in [1.165, 1.54) is 12.2 Å². The number of nitrogens with one attached hydrogen (secondary N) is 1. The summed E-state index contributed by atoms with van der Waals surface area (Å²) in [4.78, 5) is 49.2. The molecule has 0 radical (unpaired) electrons. The number of aliphatic hydroxyl groups is 1. The third-order valence-electron chi connectivity index (χ3n) is 8.45. The number of benzene rings is 1. The molecule has 2 unspecified atom stereocenters. The van der Waals surface area contributed by atoms with Gasteiger partial charge in [0.15, 0.2) is 17.3 Å². The molecular formula is C33H36N2O5. The van der Waals surface area contributed by atoms with Gasteiger partial charge in [0.1, 0.15) is 5.75 Å². The Kier molecular flexibility index (Phi) is 7.13. The highest BCUT2D eigenvalue weighted by Gasteiger charge is 2.43. The van der Waals surface area contributed by atoms with Crippen LogP contribution in [0.1, 0.15) is 52.8 Å². The number of aliphatic hydroxyl groups excluding tert-OH is 1. The minimum Gasteiger partial charge on any atom is -0.497 e. The number of Topliss-reactive ketones (excluding diaryl/α,β-unsaturated/α-hetero) is 1. The standard InChI is InChI=1S/C33H36N2O5/c1-15(2)22-13-25(36)17(5)27(32(22)38)29(28-18(6)26(37)14-23(16(3)4)33(28)39)31-30-21(10-11-34-31)20-9-8-19(40-7)12-24(20)35-30/h8-9,12-16,29,32,35,38H,10-11H2,1-7H3. The number of methoxy groups -OCH3 is 1. The van der Waals surface area contributed by atoms with E-state index in [9.17, 15) is 19.5 Å². The number of aromatic amines is 1. The fourth-order valence-corrected chi connectivity index (χ4v) is 6.15. The lowest BCUT2D eigenvalue weighted by Crippen LogP contribution is -2.39. The summed E-state index contributed by atoms with van der Waals surface area (Å²) >= 11 is 0. The predicted molar refractivity (Wildman–Crippen MR) is 156 cm³/mol. The predicted octanol–water partition coefficient (Wildman–Crippen LogP) is 5.03. The quantitative estimate of drug-likeness (QED) is 0.500. The fourth-order valence-electron chi connectivity index (χ4n) is 6.15. The van der Waals surface area contributed by atoms with Gasteiger partial charge in [-0.05, 0) is 78.7 Å². The molecule has 0 saturated carbocycles. The van der Waals surface area contributed by atoms with E-state index in [0.717, 1.165) is 22.2 Å². The van der Waals surface area contributed by atoms with Gasteiger partial charge in [0.05, 0.1) is 30.5 Å². The maximum atomic E-state index is 14.2. The van der Waals surface area contributed by atoms with Crippen LogP contribution in [0.4, 0.5) is 0 Å². The first-order chi connectivity index (χ1) is 19.0. The molecule has 2 heterocycles. The Balaban J connectivity index is 1.80. The Bertz CT molecular complexity index is 1620. The molecule has 2 N–H and O–H groups in total. The van der Waals surface area contributed by atoms with Gasteiger partial charge >= 0.3 is 0 Å². The molecule has 0 amide bonds. The van der Waals surface area contributed by atoms with Gasteiger partial charge in [-0.15, -0.1) is 0 Å². The molecule has 0 bridgehead atoms. The zero-order valence-corrected chi connectivity index (χ0v) is 24.1. The number of H-pyrrole nitrogens is 1. The van der Waals surface area contributed by atoms with Crippen molar-refractivity contribution in [3.05, 3.63) is 75.0 Å². The van der Waals surface area contributed by atoms with Gasteiger partial charge in [-0.1, -0.05) is 27.7 Å². The monoisotopic (exact) mass is 540 g/mol. The van der Waals surface area contributed by atoms with E-state index in [2.05, 4.69) is 4.98 Å². The SMILES string of the molecule is COc1ccc2c3c([nH]c2c1)C(C(C1=C(C)C(=O)C=C(C(C)C)C1=O)C1=C(C)C(=O)C=C(C(C)C)C1O)=NCC3. The fraction of sp³-hybridized carbons (Fsp3) is 0.394. The van der Waals surface area contributed by atoms with Crippen LogP contribution in [0.25, 0.3) is 10.9 Å². The molecule has 0 fully saturated rings. The van der Waals surface area contributed by atoms with Crippen LogP contribution in [-0.4, -0.2) is 52.9 Å². The van der Waals surface area contributed by atoms with Gasteiger partial charge < -0.3 is 14.8 Å². The summed E-state index contributed by atoms with van der Waals surface area (Å²) in [5.74, 6) is -1.14. The number of allylic oxidation sites excluding steroid dienone is 6. The lowest BCUT2D eigenvalue weighted by molar-refractivity contribution is -0.116. The van der Waals surface area contributed by atoms with Crippen LogP contribution in [0.5, 0.6) is 5.75 Å². The van der Waals surface area contributed by atoms with E-state index in [4.69, 9.17) is 9.73 Å². The third kappa shape index (κ3) is 4.33. The molecule has 0 spiro atoms. The first kappa shape index (κ1) is 27.7. The molecule has 1 aromatic carbocycles. The van der Waals surface area contributed by atoms with Gasteiger partial charge in [-0.2, -0.15) is 0 Å². The topological polar surface area (TPSA) is 109 Å². The maximum Gasteiger partial charge on any atom is 0.186 e. The Labute approximate surface area is 234 Å². The van der Waals surface area contributed by atoms with E-state index in [-0.39, 0.29) is 34.8 Å². The number of aromatic nitrogens is 1. The second-order valence-corrected chi connectivity index (χ2v) is 11.5. The summed E-state index contributed by atoms with van der Waals surface area (Å²) in [6.45, 7) is 11.4. The van der Waals surface area contributed by atoms with Gasteiger partial charge in [0.25, 0.3) is 0 Å². The smallest absolute Gasteiger partial charge is 0.186 e. The van der Waals surface area contributed by atoms with Gasteiger partial charge in [-0.3, -0.25) is 19.4 Å². The van der Waals surface area contributed by atoms with Crippen LogP contribution in [-0.2, 0) is 20.8 Å². The molecule has 2 aromatic rings. The molecule has 0 saturated heterocycles. The van der Waals surface area contributed by atoms with Crippen molar-refractivity contribution in [2.45, 2.75) is 54.1 Å². The Morgan fingerprint density at radius 1 is 1.00 bits per heavy atom. The molecule has 7 nitrogen and oxygen atoms in total. The Morgan fingerprint density at radius 3 is 2.35 bits per heavy atom. The second-order valence-electron chi connectivity index (χ2n) is 11.5. The normalized spacial score (nSPS) is 20.8. The number of nitrogens with zero attached hydrogens (tertiary/aromatic N) is 1. The minimum absolute atomic E-state index is 0.100. The van der Waals surface area contributed by atoms with Crippen molar-refractivity contribution >= 4 is 34.0 Å². The summed E-state index contributed by atoms with van der Waals surface area (Å²) in [6.07, 6.45) is 2.52. The van der Waals surface area contributed by atoms with E-state index in [1.807, 2.05) is 45.9 Å². The zero-order valence-electron chi connectivity index (χ0n) is 24.1. The molecular weight excluding hydrogens is 504 g/mol. The molecule has 5 rings (SSSR count). The lowest BCUT2D eigenvalue weighted by atomic mass is 9.69. The maximum absolute atomic E-state index is 14.2. The molecule has 2 atom stereocenters. The summed E-state index contributed by atoms with van der Waals surface area (Å²) in [7, 11) is 1.62. The van der Waals surface area contributed by atoms with Crippen LogP contribution < -0.4 is 4.74 Å². The van der Waals surface area contributed by atoms with Crippen LogP contribution in [0.15, 0.2) is 68.8 Å². The summed E-state index contributed by atoms with van der Waals surface area (Å²) in [5, 5.41) is 12.8. The average Bonchev–Trinajstić information content (AvgIpc) is 3.29. The summed E-state index contributed by atoms with van der Waals surface area (Å²) in [6, 6.07) is 5.83. The molecule has 208 valence electrons. The number of carbonyl (C=O) groups excluding carboxylic acids is 3. The highest BCUT2D eigenvalue weighted by molar-refractivity contribution is 6.27. The van der Waals surface area contributed by atoms with Gasteiger partial charge in [0, 0.05) is 40.2 Å². The van der Waals surface area contributed by atoms with Crippen molar-refractivity contribution in [2.75, 3.05) is 13.7 Å². The van der Waals surface area contributed by atoms with Crippen LogP contribution in [0, 0.1) is 17.8 Å². The first-order valence-corrected chi connectivity index (χ1v) is 13.8. The summed E-state index contributed by atoms with van der Waals surface area (Å²) in [5.41, 5.74) is 5.61. The van der Waals surface area contributed by atoms with Crippen molar-refractivity contribution in [1.29, 1.82) is 0 Å². The highest BCUT2D eigenvalue weighted by Crippen LogP contribution is 2.43. The highest BCUT2D eigenvalue weighted by atomic mass is 16.5. The number of ether oxygens (including phenoxy) is 1. The molecule has 1 aliphatic heterocycles. The number of fused-ring (bicyclic) bond motifs is 3. The zero-order chi connectivity index (χ0) is 29.0. The van der Waals surface area contributed by atoms with E-state index in [0.29, 0.717) is 52.3 Å². The van der Waals surface area contributed by atoms with E-state index in [1.54, 1.807) is 21.0 Å². The molecule has 40 heavy (non-hydrogen) atoms. The molecule has 7 heteroatoms. The minimum atomic E-state index is -1.10. The number of carbonyl (C=O) groups is 3. The van der Waals surface area contributed by atoms with Crippen LogP contribution in [0.3, 0.4) is 0 Å². The van der Waals surface area contributed by atoms with Crippen molar-refractivity contribution in [2.24, 2.45) is 22.7 Å². The number of ketones is 3. The number of aliphatic imine (C=N–C) groups is 1. The van der Waals surface area contributed by atoms with Gasteiger partial charge in [-0.25, -0.2) is 0 Å². The number of rotatable bonds is 6. The van der Waals surface area contributed by atoms with Crippen LogP contribution in [0.2, 0.25) is 0 Å². The summed E-state index contributed by atoms with van der Waals surface area (Å²) < 4.78 is 5.44. The number of hydrogen-bond donors (Lipinski definition) is 2. The van der Waals surface area contributed by atoms with E-state index < -0.39 is 12.0 Å². The van der Waals surface area contributed by atoms with Crippen molar-refractivity contribution in [3.8, 4) is 5.75 Å². The first-order valence-electron chi connectivity index (χ1n) is 13.8. The average molecular weight is 541 g/mol. The van der Waals surface area contributed by atoms with Crippen molar-refractivity contribution < 1.29 is 24.2 Å². The van der Waals surface area contributed by atoms with Crippen molar-refractivity contribution in [1.82, 2.24) is 4.98 Å². The Morgan fingerprint density at radius 2 is 1.70 bits per heavy atom. The van der Waals surface area contributed by atoms with Crippen molar-refractivity contribution in [3.63, 3.8) is 0 Å². The Hall–Kier alpha value is -3.84.